The molecule has 148 valence electrons. The molecule has 1 aromatic rings. The first-order chi connectivity index (χ1) is 13.5. The van der Waals surface area contributed by atoms with E-state index in [-0.39, 0.29) is 29.7 Å². The number of ether oxygens (including phenoxy) is 1. The van der Waals surface area contributed by atoms with Crippen LogP contribution >= 0.6 is 0 Å². The van der Waals surface area contributed by atoms with Gasteiger partial charge in [0.15, 0.2) is 0 Å². The molecule has 0 saturated carbocycles. The molecule has 2 unspecified atom stereocenters. The molecule has 0 aliphatic carbocycles. The average Bonchev–Trinajstić information content (AvgIpc) is 3.22. The molecular weight excluding hydrogens is 360 g/mol. The van der Waals surface area contributed by atoms with Crippen LogP contribution in [0.3, 0.4) is 0 Å². The van der Waals surface area contributed by atoms with Crippen LogP contribution in [0.2, 0.25) is 0 Å². The summed E-state index contributed by atoms with van der Waals surface area (Å²) in [6.07, 6.45) is 1.66. The third-order valence-corrected chi connectivity index (χ3v) is 6.29. The quantitative estimate of drug-likeness (QED) is 0.615. The van der Waals surface area contributed by atoms with E-state index in [0.717, 1.165) is 37.2 Å². The van der Waals surface area contributed by atoms with Gasteiger partial charge >= 0.3 is 0 Å². The minimum atomic E-state index is -0.568. The number of hydrogen-bond donors (Lipinski definition) is 3. The molecule has 1 spiro atoms. The van der Waals surface area contributed by atoms with Gasteiger partial charge in [-0.3, -0.25) is 19.7 Å². The van der Waals surface area contributed by atoms with Crippen LogP contribution in [0, 0.1) is 0 Å². The molecule has 2 atom stereocenters. The van der Waals surface area contributed by atoms with Crippen molar-refractivity contribution in [3.8, 4) is 0 Å². The van der Waals surface area contributed by atoms with Gasteiger partial charge in [-0.1, -0.05) is 12.1 Å². The Bertz CT molecular complexity index is 851. The second-order valence-electron chi connectivity index (χ2n) is 8.27. The van der Waals surface area contributed by atoms with Gasteiger partial charge < -0.3 is 20.3 Å². The topological polar surface area (TPSA) is 99.8 Å². The first-order valence-electron chi connectivity index (χ1n) is 9.88. The van der Waals surface area contributed by atoms with Gasteiger partial charge in [0.25, 0.3) is 5.91 Å². The molecule has 0 bridgehead atoms. The van der Waals surface area contributed by atoms with Crippen molar-refractivity contribution in [1.29, 1.82) is 0 Å². The van der Waals surface area contributed by atoms with E-state index in [1.54, 1.807) is 4.90 Å². The zero-order chi connectivity index (χ0) is 19.3. The van der Waals surface area contributed by atoms with Crippen molar-refractivity contribution in [3.63, 3.8) is 0 Å². The number of nitrogens with zero attached hydrogens (tertiary/aromatic N) is 1. The largest absolute Gasteiger partial charge is 0.371 e. The van der Waals surface area contributed by atoms with E-state index in [9.17, 15) is 14.4 Å². The molecule has 3 amide bonds. The van der Waals surface area contributed by atoms with Crippen LogP contribution in [0.4, 0.5) is 0 Å². The predicted molar refractivity (Wildman–Crippen MR) is 99.3 cm³/mol. The summed E-state index contributed by atoms with van der Waals surface area (Å²) in [5.41, 5.74) is 2.66. The van der Waals surface area contributed by atoms with E-state index in [0.29, 0.717) is 31.1 Å². The predicted octanol–water partition coefficient (Wildman–Crippen LogP) is -0.332. The van der Waals surface area contributed by atoms with Crippen molar-refractivity contribution in [1.82, 2.24) is 20.9 Å². The van der Waals surface area contributed by atoms with Crippen LogP contribution in [0.5, 0.6) is 0 Å². The van der Waals surface area contributed by atoms with Gasteiger partial charge in [0.1, 0.15) is 6.04 Å². The summed E-state index contributed by atoms with van der Waals surface area (Å²) in [5, 5.41) is 9.14. The summed E-state index contributed by atoms with van der Waals surface area (Å²) >= 11 is 0. The molecule has 1 aromatic carbocycles. The first-order valence-corrected chi connectivity index (χ1v) is 9.88. The maximum Gasteiger partial charge on any atom is 0.255 e. The van der Waals surface area contributed by atoms with Gasteiger partial charge in [-0.05, 0) is 30.0 Å². The number of nitrogens with one attached hydrogen (secondary N) is 3. The van der Waals surface area contributed by atoms with Gasteiger partial charge in [-0.25, -0.2) is 0 Å². The zero-order valence-electron chi connectivity index (χ0n) is 15.6. The van der Waals surface area contributed by atoms with Gasteiger partial charge in [0.2, 0.25) is 11.8 Å². The Morgan fingerprint density at radius 1 is 1.25 bits per heavy atom. The normalized spacial score (nSPS) is 28.4. The number of benzene rings is 1. The highest BCUT2D eigenvalue weighted by Gasteiger charge is 2.45. The SMILES string of the molecule is O=C1CCC(N2Cc3ccc(CNC4COC5(CNC5)C4)cc3C2=O)C(=O)N1. The van der Waals surface area contributed by atoms with E-state index >= 15 is 0 Å². The standard InChI is InChI=1S/C20H24N4O4/c25-17-4-3-16(18(26)23-17)24-8-13-2-1-12(5-15(13)19(24)27)7-22-14-6-20(28-9-14)10-21-11-20/h1-2,5,14,16,21-22H,3-4,6-11H2,(H,23,25,26). The van der Waals surface area contributed by atoms with Gasteiger partial charge in [-0.2, -0.15) is 0 Å². The number of amides is 3. The lowest BCUT2D eigenvalue weighted by Gasteiger charge is -2.38. The average molecular weight is 384 g/mol. The van der Waals surface area contributed by atoms with Crippen LogP contribution in [-0.2, 0) is 27.4 Å². The van der Waals surface area contributed by atoms with Crippen molar-refractivity contribution in [2.45, 2.75) is 50.0 Å². The molecule has 0 radical (unpaired) electrons. The fourth-order valence-corrected chi connectivity index (χ4v) is 4.60. The third kappa shape index (κ3) is 3.01. The van der Waals surface area contributed by atoms with E-state index < -0.39 is 6.04 Å². The lowest BCUT2D eigenvalue weighted by molar-refractivity contribution is -0.136. The fourth-order valence-electron chi connectivity index (χ4n) is 4.60. The van der Waals surface area contributed by atoms with Crippen LogP contribution in [-0.4, -0.2) is 60.0 Å². The number of carbonyl (C=O) groups excluding carboxylic acids is 3. The summed E-state index contributed by atoms with van der Waals surface area (Å²) in [6.45, 7) is 3.66. The summed E-state index contributed by atoms with van der Waals surface area (Å²) in [5.74, 6) is -0.774. The molecule has 0 aromatic heterocycles. The molecule has 4 aliphatic heterocycles. The van der Waals surface area contributed by atoms with Crippen LogP contribution in [0.15, 0.2) is 18.2 Å². The molecule has 3 saturated heterocycles. The van der Waals surface area contributed by atoms with Crippen molar-refractivity contribution in [3.05, 3.63) is 34.9 Å². The number of hydrogen-bond acceptors (Lipinski definition) is 6. The highest BCUT2D eigenvalue weighted by Crippen LogP contribution is 2.30. The molecule has 28 heavy (non-hydrogen) atoms. The third-order valence-electron chi connectivity index (χ3n) is 6.29. The number of piperidine rings is 1. The Labute approximate surface area is 163 Å². The minimum absolute atomic E-state index is 0.0218. The van der Waals surface area contributed by atoms with Crippen molar-refractivity contribution >= 4 is 17.7 Å². The Hall–Kier alpha value is -2.29. The molecular formula is C20H24N4O4. The van der Waals surface area contributed by atoms with Gasteiger partial charge in [-0.15, -0.1) is 0 Å². The Morgan fingerprint density at radius 2 is 2.11 bits per heavy atom. The second kappa shape index (κ2) is 6.65. The van der Waals surface area contributed by atoms with E-state index in [2.05, 4.69) is 16.0 Å². The summed E-state index contributed by atoms with van der Waals surface area (Å²) in [4.78, 5) is 38.0. The van der Waals surface area contributed by atoms with Crippen molar-refractivity contribution in [2.75, 3.05) is 19.7 Å². The summed E-state index contributed by atoms with van der Waals surface area (Å²) < 4.78 is 5.92. The molecule has 5 rings (SSSR count). The summed E-state index contributed by atoms with van der Waals surface area (Å²) in [7, 11) is 0. The summed E-state index contributed by atoms with van der Waals surface area (Å²) in [6, 6.07) is 5.68. The maximum absolute atomic E-state index is 12.9. The molecule has 8 nitrogen and oxygen atoms in total. The Morgan fingerprint density at radius 3 is 2.82 bits per heavy atom. The number of fused-ring (bicyclic) bond motifs is 1. The molecule has 8 heteroatoms. The Kier molecular flexibility index (Phi) is 4.22. The fraction of sp³-hybridized carbons (Fsp3) is 0.550. The minimum Gasteiger partial charge on any atom is -0.371 e. The van der Waals surface area contributed by atoms with E-state index in [1.807, 2.05) is 18.2 Å². The molecule has 4 aliphatic rings. The molecule has 3 N–H and O–H groups in total. The first kappa shape index (κ1) is 17.8. The second-order valence-corrected chi connectivity index (χ2v) is 8.27. The number of rotatable bonds is 4. The van der Waals surface area contributed by atoms with E-state index in [4.69, 9.17) is 4.74 Å². The van der Waals surface area contributed by atoms with Gasteiger partial charge in [0.05, 0.1) is 12.2 Å². The zero-order valence-corrected chi connectivity index (χ0v) is 15.6. The lowest BCUT2D eigenvalue weighted by atomic mass is 9.92. The van der Waals surface area contributed by atoms with Crippen LogP contribution in [0.1, 0.15) is 40.7 Å². The van der Waals surface area contributed by atoms with Crippen LogP contribution in [0.25, 0.3) is 0 Å². The highest BCUT2D eigenvalue weighted by atomic mass is 16.5. The van der Waals surface area contributed by atoms with E-state index in [1.165, 1.54) is 0 Å². The van der Waals surface area contributed by atoms with Crippen LogP contribution < -0.4 is 16.0 Å². The lowest BCUT2D eigenvalue weighted by Crippen LogP contribution is -2.59. The Balaban J connectivity index is 1.23. The van der Waals surface area contributed by atoms with Crippen molar-refractivity contribution < 1.29 is 19.1 Å². The number of imide groups is 1. The highest BCUT2D eigenvalue weighted by molar-refractivity contribution is 6.05. The maximum atomic E-state index is 12.9. The van der Waals surface area contributed by atoms with Crippen molar-refractivity contribution in [2.24, 2.45) is 0 Å². The van der Waals surface area contributed by atoms with Gasteiger partial charge in [0, 0.05) is 44.2 Å². The molecule has 4 heterocycles. The smallest absolute Gasteiger partial charge is 0.255 e. The monoisotopic (exact) mass is 384 g/mol. The number of carbonyl (C=O) groups is 3. The molecule has 3 fully saturated rings.